The van der Waals surface area contributed by atoms with Crippen LogP contribution >= 0.6 is 11.8 Å². The Morgan fingerprint density at radius 1 is 1.48 bits per heavy atom. The molecule has 3 N–H and O–H groups in total. The van der Waals surface area contributed by atoms with Gasteiger partial charge in [0.2, 0.25) is 0 Å². The normalized spacial score (nSPS) is 10.5. The van der Waals surface area contributed by atoms with E-state index < -0.39 is 0 Å². The molecular weight excluding hydrogens is 284 g/mol. The lowest BCUT2D eigenvalue weighted by atomic mass is 10.1. The number of rotatable bonds is 4. The maximum absolute atomic E-state index is 11.7. The van der Waals surface area contributed by atoms with Crippen LogP contribution in [0, 0.1) is 11.8 Å². The molecule has 0 unspecified atom stereocenters. The Bertz CT molecular complexity index is 721. The van der Waals surface area contributed by atoms with E-state index in [-0.39, 0.29) is 11.7 Å². The van der Waals surface area contributed by atoms with Gasteiger partial charge < -0.3 is 5.73 Å². The van der Waals surface area contributed by atoms with Gasteiger partial charge in [-0.2, -0.15) is 0 Å². The monoisotopic (exact) mass is 302 g/mol. The molecule has 21 heavy (non-hydrogen) atoms. The first-order valence-electron chi connectivity index (χ1n) is 6.69. The molecule has 0 atom stereocenters. The molecule has 0 aliphatic carbocycles. The van der Waals surface area contributed by atoms with Crippen molar-refractivity contribution in [3.05, 3.63) is 45.9 Å². The van der Waals surface area contributed by atoms with Crippen molar-refractivity contribution >= 4 is 11.8 Å². The standard InChI is InChI=1S/C15H18N4OS/c1-11(2)19-14(20)17-18-15(19)21-10-13-6-3-5-12(9-13)7-4-8-16/h3,5-6,9,11H,8,10,16H2,1-2H3,(H,17,20). The van der Waals surface area contributed by atoms with E-state index >= 15 is 0 Å². The molecule has 0 fully saturated rings. The Kier molecular flexibility index (Phi) is 5.26. The summed E-state index contributed by atoms with van der Waals surface area (Å²) in [7, 11) is 0. The van der Waals surface area contributed by atoms with Crippen molar-refractivity contribution < 1.29 is 0 Å². The van der Waals surface area contributed by atoms with E-state index in [4.69, 9.17) is 5.73 Å². The van der Waals surface area contributed by atoms with Gasteiger partial charge in [-0.1, -0.05) is 35.7 Å². The first kappa shape index (κ1) is 15.4. The zero-order valence-electron chi connectivity index (χ0n) is 12.1. The second kappa shape index (κ2) is 7.16. The van der Waals surface area contributed by atoms with Crippen LogP contribution in [0.3, 0.4) is 0 Å². The fourth-order valence-corrected chi connectivity index (χ4v) is 2.91. The summed E-state index contributed by atoms with van der Waals surface area (Å²) >= 11 is 1.53. The molecule has 1 aromatic heterocycles. The molecule has 0 aliphatic rings. The number of hydrogen-bond donors (Lipinski definition) is 2. The van der Waals surface area contributed by atoms with Crippen LogP contribution in [-0.2, 0) is 5.75 Å². The highest BCUT2D eigenvalue weighted by Gasteiger charge is 2.11. The van der Waals surface area contributed by atoms with Gasteiger partial charge in [-0.05, 0) is 31.5 Å². The average molecular weight is 302 g/mol. The maximum atomic E-state index is 11.7. The smallest absolute Gasteiger partial charge is 0.320 e. The Morgan fingerprint density at radius 3 is 3.00 bits per heavy atom. The predicted molar refractivity (Wildman–Crippen MR) is 85.2 cm³/mol. The van der Waals surface area contributed by atoms with Gasteiger partial charge in [0.25, 0.3) is 0 Å². The number of nitrogens with one attached hydrogen (secondary N) is 1. The Labute approximate surface area is 127 Å². The van der Waals surface area contributed by atoms with E-state index in [0.717, 1.165) is 16.9 Å². The number of nitrogens with two attached hydrogens (primary N) is 1. The van der Waals surface area contributed by atoms with E-state index in [1.807, 2.05) is 38.1 Å². The van der Waals surface area contributed by atoms with Gasteiger partial charge >= 0.3 is 5.69 Å². The second-order valence-corrected chi connectivity index (χ2v) is 5.71. The van der Waals surface area contributed by atoms with Crippen LogP contribution in [-0.4, -0.2) is 21.3 Å². The van der Waals surface area contributed by atoms with Crippen LogP contribution in [0.25, 0.3) is 0 Å². The summed E-state index contributed by atoms with van der Waals surface area (Å²) in [5.74, 6) is 6.59. The van der Waals surface area contributed by atoms with Crippen LogP contribution in [0.15, 0.2) is 34.2 Å². The minimum atomic E-state index is -0.171. The number of nitrogens with zero attached hydrogens (tertiary/aromatic N) is 2. The molecule has 1 heterocycles. The van der Waals surface area contributed by atoms with Crippen molar-refractivity contribution in [2.45, 2.75) is 30.8 Å². The molecule has 1 aromatic carbocycles. The Morgan fingerprint density at radius 2 is 2.29 bits per heavy atom. The number of H-pyrrole nitrogens is 1. The minimum Gasteiger partial charge on any atom is -0.320 e. The fraction of sp³-hybridized carbons (Fsp3) is 0.333. The largest absolute Gasteiger partial charge is 0.344 e. The third-order valence-corrected chi connectivity index (χ3v) is 3.84. The topological polar surface area (TPSA) is 76.7 Å². The molecule has 0 spiro atoms. The average Bonchev–Trinajstić information content (AvgIpc) is 2.84. The van der Waals surface area contributed by atoms with E-state index in [0.29, 0.717) is 11.7 Å². The van der Waals surface area contributed by atoms with Crippen molar-refractivity contribution in [1.29, 1.82) is 0 Å². The molecule has 0 saturated carbocycles. The van der Waals surface area contributed by atoms with Crippen LogP contribution in [0.5, 0.6) is 0 Å². The highest BCUT2D eigenvalue weighted by molar-refractivity contribution is 7.98. The highest BCUT2D eigenvalue weighted by Crippen LogP contribution is 2.22. The molecule has 110 valence electrons. The Hall–Kier alpha value is -1.97. The molecule has 6 heteroatoms. The Balaban J connectivity index is 2.12. The van der Waals surface area contributed by atoms with Gasteiger partial charge in [-0.25, -0.2) is 9.89 Å². The molecule has 0 aliphatic heterocycles. The molecule has 0 radical (unpaired) electrons. The van der Waals surface area contributed by atoms with E-state index in [2.05, 4.69) is 22.0 Å². The predicted octanol–water partition coefficient (Wildman–Crippen LogP) is 1.75. The number of hydrogen-bond acceptors (Lipinski definition) is 4. The van der Waals surface area contributed by atoms with Gasteiger partial charge in [0.1, 0.15) is 0 Å². The van der Waals surface area contributed by atoms with Crippen LogP contribution < -0.4 is 11.4 Å². The van der Waals surface area contributed by atoms with Crippen molar-refractivity contribution in [2.24, 2.45) is 5.73 Å². The summed E-state index contributed by atoms with van der Waals surface area (Å²) in [6.07, 6.45) is 0. The second-order valence-electron chi connectivity index (χ2n) is 4.77. The van der Waals surface area contributed by atoms with E-state index in [9.17, 15) is 4.79 Å². The molecular formula is C15H18N4OS. The maximum Gasteiger partial charge on any atom is 0.344 e. The van der Waals surface area contributed by atoms with Crippen molar-refractivity contribution in [2.75, 3.05) is 6.54 Å². The zero-order valence-corrected chi connectivity index (χ0v) is 12.9. The molecule has 0 saturated heterocycles. The summed E-state index contributed by atoms with van der Waals surface area (Å²) in [6.45, 7) is 4.28. The third kappa shape index (κ3) is 4.00. The van der Waals surface area contributed by atoms with Crippen LogP contribution in [0.4, 0.5) is 0 Å². The first-order chi connectivity index (χ1) is 10.1. The van der Waals surface area contributed by atoms with Gasteiger partial charge in [0.05, 0.1) is 6.54 Å². The minimum absolute atomic E-state index is 0.0838. The molecule has 0 bridgehead atoms. The van der Waals surface area contributed by atoms with Gasteiger partial charge in [0, 0.05) is 17.4 Å². The summed E-state index contributed by atoms with van der Waals surface area (Å²) in [6, 6.07) is 8.07. The van der Waals surface area contributed by atoms with Crippen LogP contribution in [0.1, 0.15) is 31.0 Å². The van der Waals surface area contributed by atoms with Gasteiger partial charge in [-0.3, -0.25) is 4.57 Å². The number of aromatic nitrogens is 3. The lowest BCUT2D eigenvalue weighted by Gasteiger charge is -2.08. The lowest BCUT2D eigenvalue weighted by Crippen LogP contribution is -2.19. The summed E-state index contributed by atoms with van der Waals surface area (Å²) in [5.41, 5.74) is 7.28. The fourth-order valence-electron chi connectivity index (χ4n) is 1.89. The third-order valence-electron chi connectivity index (χ3n) is 2.82. The van der Waals surface area contributed by atoms with Crippen LogP contribution in [0.2, 0.25) is 0 Å². The molecule has 0 amide bonds. The number of thioether (sulfide) groups is 1. The summed E-state index contributed by atoms with van der Waals surface area (Å²) < 4.78 is 1.66. The summed E-state index contributed by atoms with van der Waals surface area (Å²) in [5, 5.41) is 7.26. The van der Waals surface area contributed by atoms with Crippen molar-refractivity contribution in [3.8, 4) is 11.8 Å². The van der Waals surface area contributed by atoms with E-state index in [1.54, 1.807) is 4.57 Å². The first-order valence-corrected chi connectivity index (χ1v) is 7.68. The molecule has 2 rings (SSSR count). The quantitative estimate of drug-likeness (QED) is 0.666. The molecule has 2 aromatic rings. The zero-order chi connectivity index (χ0) is 15.2. The summed E-state index contributed by atoms with van der Waals surface area (Å²) in [4.78, 5) is 11.7. The highest BCUT2D eigenvalue weighted by atomic mass is 32.2. The van der Waals surface area contributed by atoms with Crippen molar-refractivity contribution in [3.63, 3.8) is 0 Å². The SMILES string of the molecule is CC(C)n1c(SCc2cccc(C#CCN)c2)n[nH]c1=O. The number of aromatic amines is 1. The lowest BCUT2D eigenvalue weighted by molar-refractivity contribution is 0.534. The molecule has 5 nitrogen and oxygen atoms in total. The van der Waals surface area contributed by atoms with Crippen molar-refractivity contribution in [1.82, 2.24) is 14.8 Å². The number of benzene rings is 1. The van der Waals surface area contributed by atoms with E-state index in [1.165, 1.54) is 11.8 Å². The van der Waals surface area contributed by atoms with Gasteiger partial charge in [-0.15, -0.1) is 5.10 Å². The van der Waals surface area contributed by atoms with Gasteiger partial charge in [0.15, 0.2) is 5.16 Å².